The third kappa shape index (κ3) is 5.47. The number of nitrogens with zero attached hydrogens (tertiary/aromatic N) is 2. The molecule has 8 N–H and O–H groups in total. The molecule has 0 aliphatic carbocycles. The molecule has 0 radical (unpaired) electrons. The standard InChI is InChI=1S/C23H43N5O7/c1-18(2)10-22(24,11-19(3,4)27(18)34)16(31)25-14(9-29)15(30)26-23(17(32)33)12-20(5,6)28(35)21(7,8)13-23/h14,29,34-35H,9-13,24H2,1-8H3,(H,25,31)(H,26,30)(H,32,33). The molecule has 2 aliphatic heterocycles. The number of amides is 2. The van der Waals surface area contributed by atoms with Crippen LogP contribution in [-0.4, -0.2) is 94.4 Å². The van der Waals surface area contributed by atoms with Gasteiger partial charge in [0, 0.05) is 35.0 Å². The summed E-state index contributed by atoms with van der Waals surface area (Å²) < 4.78 is 0. The topological polar surface area (TPSA) is 189 Å². The van der Waals surface area contributed by atoms with E-state index in [9.17, 15) is 35.0 Å². The molecular formula is C23H43N5O7. The van der Waals surface area contributed by atoms with Gasteiger partial charge in [-0.3, -0.25) is 9.59 Å². The van der Waals surface area contributed by atoms with E-state index in [2.05, 4.69) is 10.6 Å². The normalized spacial score (nSPS) is 27.4. The van der Waals surface area contributed by atoms with Crippen LogP contribution in [0.15, 0.2) is 0 Å². The van der Waals surface area contributed by atoms with Crippen LogP contribution in [0.2, 0.25) is 0 Å². The summed E-state index contributed by atoms with van der Waals surface area (Å²) >= 11 is 0. The Morgan fingerprint density at radius 1 is 0.829 bits per heavy atom. The second-order valence-corrected chi connectivity index (χ2v) is 12.8. The largest absolute Gasteiger partial charge is 0.480 e. The van der Waals surface area contributed by atoms with Crippen molar-refractivity contribution in [3.05, 3.63) is 0 Å². The third-order valence-corrected chi connectivity index (χ3v) is 7.29. The molecule has 1 atom stereocenters. The van der Waals surface area contributed by atoms with Crippen molar-refractivity contribution in [3.8, 4) is 0 Å². The zero-order valence-electron chi connectivity index (χ0n) is 22.1. The minimum atomic E-state index is -1.74. The summed E-state index contributed by atoms with van der Waals surface area (Å²) in [5.74, 6) is -2.84. The molecule has 2 aliphatic rings. The van der Waals surface area contributed by atoms with Gasteiger partial charge in [-0.1, -0.05) is 0 Å². The van der Waals surface area contributed by atoms with Crippen molar-refractivity contribution in [2.75, 3.05) is 6.61 Å². The van der Waals surface area contributed by atoms with Crippen LogP contribution in [0, 0.1) is 0 Å². The number of nitrogens with two attached hydrogens (primary N) is 1. The van der Waals surface area contributed by atoms with Gasteiger partial charge in [0.25, 0.3) is 0 Å². The van der Waals surface area contributed by atoms with Gasteiger partial charge < -0.3 is 37.0 Å². The molecule has 12 nitrogen and oxygen atoms in total. The molecule has 2 rings (SSSR count). The third-order valence-electron chi connectivity index (χ3n) is 7.29. The van der Waals surface area contributed by atoms with E-state index in [0.29, 0.717) is 0 Å². The van der Waals surface area contributed by atoms with Crippen LogP contribution in [-0.2, 0) is 14.4 Å². The van der Waals surface area contributed by atoms with Gasteiger partial charge in [-0.25, -0.2) is 4.79 Å². The fraction of sp³-hybridized carbons (Fsp3) is 0.870. The Balaban J connectivity index is 2.28. The van der Waals surface area contributed by atoms with Crippen LogP contribution in [0.3, 0.4) is 0 Å². The average molecular weight is 502 g/mol. The quantitative estimate of drug-likeness (QED) is 0.264. The molecular weight excluding hydrogens is 458 g/mol. The van der Waals surface area contributed by atoms with Gasteiger partial charge in [0.2, 0.25) is 11.8 Å². The molecule has 12 heteroatoms. The van der Waals surface area contributed by atoms with Crippen molar-refractivity contribution < 1.29 is 35.0 Å². The predicted octanol–water partition coefficient (Wildman–Crippen LogP) is 0.185. The number of hydrogen-bond acceptors (Lipinski definition) is 9. The monoisotopic (exact) mass is 501 g/mol. The molecule has 0 spiro atoms. The highest BCUT2D eigenvalue weighted by atomic mass is 16.5. The van der Waals surface area contributed by atoms with E-state index in [1.807, 2.05) is 0 Å². The lowest BCUT2D eigenvalue weighted by molar-refractivity contribution is -0.256. The van der Waals surface area contributed by atoms with Crippen LogP contribution in [0.25, 0.3) is 0 Å². The molecule has 0 saturated carbocycles. The molecule has 0 aromatic rings. The van der Waals surface area contributed by atoms with Gasteiger partial charge >= 0.3 is 5.97 Å². The van der Waals surface area contributed by atoms with E-state index >= 15 is 0 Å². The summed E-state index contributed by atoms with van der Waals surface area (Å²) in [7, 11) is 0. The predicted molar refractivity (Wildman–Crippen MR) is 126 cm³/mol. The summed E-state index contributed by atoms with van der Waals surface area (Å²) in [5.41, 5.74) is -0.364. The number of carbonyl (C=O) groups excluding carboxylic acids is 2. The lowest BCUT2D eigenvalue weighted by Crippen LogP contribution is -2.73. The number of hydroxylamine groups is 4. The first kappa shape index (κ1) is 29.4. The minimum absolute atomic E-state index is 0.0826. The SMILES string of the molecule is CC1(C)CC(N)(C(=O)NC(CO)C(=O)NC2(C(=O)O)CC(C)(C)N(O)C(C)(C)C2)CC(C)(C)N1O. The molecule has 1 unspecified atom stereocenters. The fourth-order valence-electron chi connectivity index (χ4n) is 6.36. The highest BCUT2D eigenvalue weighted by molar-refractivity contribution is 5.95. The number of piperidine rings is 2. The average Bonchev–Trinajstić information content (AvgIpc) is 2.66. The summed E-state index contributed by atoms with van der Waals surface area (Å²) in [5, 5.41) is 48.4. The molecule has 0 bridgehead atoms. The maximum atomic E-state index is 13.2. The Hall–Kier alpha value is -1.83. The first-order valence-corrected chi connectivity index (χ1v) is 11.8. The molecule has 0 aromatic carbocycles. The number of carboxylic acid groups (broad SMARTS) is 1. The van der Waals surface area contributed by atoms with Crippen LogP contribution >= 0.6 is 0 Å². The number of carboxylic acids is 1. The lowest BCUT2D eigenvalue weighted by atomic mass is 9.70. The highest BCUT2D eigenvalue weighted by Crippen LogP contribution is 2.43. The summed E-state index contributed by atoms with van der Waals surface area (Å²) in [6.07, 6.45) is -0.0517. The number of aliphatic hydroxyl groups is 1. The molecule has 2 heterocycles. The van der Waals surface area contributed by atoms with Crippen molar-refractivity contribution in [3.63, 3.8) is 0 Å². The number of rotatable bonds is 6. The number of hydrogen-bond donors (Lipinski definition) is 7. The number of aliphatic carboxylic acids is 1. The Morgan fingerprint density at radius 3 is 1.54 bits per heavy atom. The maximum absolute atomic E-state index is 13.2. The second-order valence-electron chi connectivity index (χ2n) is 12.8. The van der Waals surface area contributed by atoms with Crippen molar-refractivity contribution >= 4 is 17.8 Å². The fourth-order valence-corrected chi connectivity index (χ4v) is 6.36. The first-order chi connectivity index (χ1) is 15.6. The first-order valence-electron chi connectivity index (χ1n) is 11.8. The van der Waals surface area contributed by atoms with E-state index in [-0.39, 0.29) is 25.7 Å². The van der Waals surface area contributed by atoms with Gasteiger partial charge in [0.05, 0.1) is 12.1 Å². The van der Waals surface area contributed by atoms with E-state index in [1.165, 1.54) is 5.06 Å². The molecule has 0 aromatic heterocycles. The Kier molecular flexibility index (Phi) is 7.50. The van der Waals surface area contributed by atoms with Crippen LogP contribution in [0.1, 0.15) is 81.1 Å². The number of carbonyl (C=O) groups is 3. The van der Waals surface area contributed by atoms with E-state index in [4.69, 9.17) is 5.73 Å². The van der Waals surface area contributed by atoms with Crippen molar-refractivity contribution in [2.24, 2.45) is 5.73 Å². The van der Waals surface area contributed by atoms with E-state index in [0.717, 1.165) is 5.06 Å². The van der Waals surface area contributed by atoms with Crippen molar-refractivity contribution in [1.82, 2.24) is 20.8 Å². The maximum Gasteiger partial charge on any atom is 0.329 e. The van der Waals surface area contributed by atoms with Crippen LogP contribution in [0.5, 0.6) is 0 Å². The van der Waals surface area contributed by atoms with Crippen LogP contribution < -0.4 is 16.4 Å². The van der Waals surface area contributed by atoms with E-state index < -0.39 is 63.7 Å². The molecule has 2 fully saturated rings. The van der Waals surface area contributed by atoms with Gasteiger partial charge in [-0.05, 0) is 68.2 Å². The van der Waals surface area contributed by atoms with Gasteiger partial charge in [0.15, 0.2) is 0 Å². The highest BCUT2D eigenvalue weighted by Gasteiger charge is 2.58. The Bertz CT molecular complexity index is 834. The van der Waals surface area contributed by atoms with Gasteiger partial charge in [-0.2, -0.15) is 10.1 Å². The smallest absolute Gasteiger partial charge is 0.329 e. The molecule has 2 amide bonds. The van der Waals surface area contributed by atoms with Gasteiger partial charge in [-0.15, -0.1) is 0 Å². The minimum Gasteiger partial charge on any atom is -0.480 e. The summed E-state index contributed by atoms with van der Waals surface area (Å²) in [6, 6.07) is -1.45. The number of aliphatic hydroxyl groups excluding tert-OH is 1. The zero-order chi connectivity index (χ0) is 27.4. The molecule has 2 saturated heterocycles. The van der Waals surface area contributed by atoms with E-state index in [1.54, 1.807) is 55.4 Å². The summed E-state index contributed by atoms with van der Waals surface area (Å²) in [6.45, 7) is 12.9. The lowest BCUT2D eigenvalue weighted by Gasteiger charge is -2.55. The zero-order valence-corrected chi connectivity index (χ0v) is 22.1. The Morgan fingerprint density at radius 2 is 1.20 bits per heavy atom. The number of nitrogens with one attached hydrogen (secondary N) is 2. The Labute approximate surface area is 206 Å². The van der Waals surface area contributed by atoms with Crippen molar-refractivity contribution in [2.45, 2.75) is 120 Å². The van der Waals surface area contributed by atoms with Crippen molar-refractivity contribution in [1.29, 1.82) is 0 Å². The van der Waals surface area contributed by atoms with Gasteiger partial charge in [0.1, 0.15) is 11.6 Å². The van der Waals surface area contributed by atoms with Crippen LogP contribution in [0.4, 0.5) is 0 Å². The molecule has 202 valence electrons. The summed E-state index contributed by atoms with van der Waals surface area (Å²) in [4.78, 5) is 38.8. The second kappa shape index (κ2) is 8.93. The molecule has 35 heavy (non-hydrogen) atoms.